The lowest BCUT2D eigenvalue weighted by Crippen LogP contribution is -2.50. The van der Waals surface area contributed by atoms with Crippen LogP contribution in [0.1, 0.15) is 50.8 Å². The molecular formula is C15H26N4O3. The molecule has 1 amide bonds. The Kier molecular flexibility index (Phi) is 5.18. The molecule has 1 saturated heterocycles. The van der Waals surface area contributed by atoms with Crippen molar-refractivity contribution in [3.63, 3.8) is 0 Å². The number of hydrogen-bond acceptors (Lipinski definition) is 6. The van der Waals surface area contributed by atoms with Crippen molar-refractivity contribution >= 4 is 5.91 Å². The molecule has 2 rings (SSSR count). The number of aliphatic hydroxyl groups is 1. The predicted molar refractivity (Wildman–Crippen MR) is 81.2 cm³/mol. The second-order valence-corrected chi connectivity index (χ2v) is 6.69. The van der Waals surface area contributed by atoms with Gasteiger partial charge in [-0.2, -0.15) is 0 Å². The highest BCUT2D eigenvalue weighted by Gasteiger charge is 2.36. The van der Waals surface area contributed by atoms with Crippen molar-refractivity contribution in [3.05, 3.63) is 11.8 Å². The summed E-state index contributed by atoms with van der Waals surface area (Å²) in [6.45, 7) is 5.83. The van der Waals surface area contributed by atoms with Crippen LogP contribution in [0.2, 0.25) is 0 Å². The number of aromatic nitrogens is 2. The molecule has 0 bridgehead atoms. The number of likely N-dealkylation sites (tertiary alicyclic amines) is 1. The van der Waals surface area contributed by atoms with Crippen molar-refractivity contribution in [1.82, 2.24) is 20.0 Å². The van der Waals surface area contributed by atoms with Crippen LogP contribution < -0.4 is 0 Å². The van der Waals surface area contributed by atoms with E-state index in [4.69, 9.17) is 4.42 Å². The lowest BCUT2D eigenvalue weighted by molar-refractivity contribution is -0.136. The van der Waals surface area contributed by atoms with Gasteiger partial charge in [0.2, 0.25) is 17.7 Å². The van der Waals surface area contributed by atoms with Gasteiger partial charge in [-0.05, 0) is 19.4 Å². The molecule has 1 atom stereocenters. The van der Waals surface area contributed by atoms with E-state index >= 15 is 0 Å². The summed E-state index contributed by atoms with van der Waals surface area (Å²) in [5, 5.41) is 18.8. The average molecular weight is 310 g/mol. The third-order valence-corrected chi connectivity index (χ3v) is 3.95. The van der Waals surface area contributed by atoms with Gasteiger partial charge >= 0.3 is 0 Å². The molecule has 7 heteroatoms. The number of piperidine rings is 1. The maximum atomic E-state index is 11.9. The number of rotatable bonds is 5. The molecule has 1 aromatic heterocycles. The molecule has 1 fully saturated rings. The Morgan fingerprint density at radius 2 is 2.18 bits per heavy atom. The molecule has 1 aliphatic heterocycles. The first-order valence-corrected chi connectivity index (χ1v) is 7.76. The third-order valence-electron chi connectivity index (χ3n) is 3.95. The Bertz CT molecular complexity index is 515. The third kappa shape index (κ3) is 4.27. The zero-order chi connectivity index (χ0) is 16.3. The maximum absolute atomic E-state index is 11.9. The summed E-state index contributed by atoms with van der Waals surface area (Å²) in [4.78, 5) is 15.5. The number of carbonyl (C=O) groups is 1. The molecule has 1 aromatic rings. The summed E-state index contributed by atoms with van der Waals surface area (Å²) in [7, 11) is 3.41. The van der Waals surface area contributed by atoms with Gasteiger partial charge < -0.3 is 14.4 Å². The zero-order valence-electron chi connectivity index (χ0n) is 13.9. The first-order valence-electron chi connectivity index (χ1n) is 7.76. The normalized spacial score (nSPS) is 23.0. The summed E-state index contributed by atoms with van der Waals surface area (Å²) >= 11 is 0. The van der Waals surface area contributed by atoms with Crippen LogP contribution in [0.5, 0.6) is 0 Å². The second-order valence-electron chi connectivity index (χ2n) is 6.69. The summed E-state index contributed by atoms with van der Waals surface area (Å²) in [5.41, 5.74) is -0.972. The van der Waals surface area contributed by atoms with Crippen LogP contribution in [0.3, 0.4) is 0 Å². The minimum absolute atomic E-state index is 0.0516. The fraction of sp³-hybridized carbons (Fsp3) is 0.800. The van der Waals surface area contributed by atoms with E-state index in [0.29, 0.717) is 31.3 Å². The van der Waals surface area contributed by atoms with Crippen LogP contribution in [-0.4, -0.2) is 63.8 Å². The fourth-order valence-corrected chi connectivity index (χ4v) is 2.68. The number of amides is 1. The van der Waals surface area contributed by atoms with Crippen LogP contribution in [0, 0.1) is 0 Å². The van der Waals surface area contributed by atoms with E-state index in [9.17, 15) is 9.90 Å². The zero-order valence-corrected chi connectivity index (χ0v) is 13.9. The second kappa shape index (κ2) is 6.75. The van der Waals surface area contributed by atoms with E-state index in [-0.39, 0.29) is 18.2 Å². The van der Waals surface area contributed by atoms with Gasteiger partial charge in [0.25, 0.3) is 0 Å². The Labute approximate surface area is 131 Å². The summed E-state index contributed by atoms with van der Waals surface area (Å²) in [6.07, 6.45) is 1.64. The Balaban J connectivity index is 1.96. The monoisotopic (exact) mass is 310 g/mol. The van der Waals surface area contributed by atoms with Gasteiger partial charge in [0.05, 0.1) is 18.6 Å². The van der Waals surface area contributed by atoms with Crippen molar-refractivity contribution < 1.29 is 14.3 Å². The van der Waals surface area contributed by atoms with E-state index in [0.717, 1.165) is 13.0 Å². The van der Waals surface area contributed by atoms with Gasteiger partial charge in [0, 0.05) is 26.6 Å². The molecule has 7 nitrogen and oxygen atoms in total. The predicted octanol–water partition coefficient (Wildman–Crippen LogP) is 0.998. The Morgan fingerprint density at radius 1 is 1.45 bits per heavy atom. The molecule has 0 saturated carbocycles. The molecule has 124 valence electrons. The smallest absolute Gasteiger partial charge is 0.230 e. The molecule has 0 aromatic carbocycles. The van der Waals surface area contributed by atoms with E-state index in [1.165, 1.54) is 4.90 Å². The highest BCUT2D eigenvalue weighted by molar-refractivity contribution is 5.76. The van der Waals surface area contributed by atoms with Crippen molar-refractivity contribution in [2.45, 2.75) is 51.2 Å². The molecule has 0 aliphatic carbocycles. The van der Waals surface area contributed by atoms with E-state index < -0.39 is 5.60 Å². The largest absolute Gasteiger partial charge is 0.424 e. The minimum atomic E-state index is -0.972. The lowest BCUT2D eigenvalue weighted by atomic mass is 9.89. The van der Waals surface area contributed by atoms with Crippen LogP contribution in [0.4, 0.5) is 0 Å². The lowest BCUT2D eigenvalue weighted by Gasteiger charge is -2.38. The van der Waals surface area contributed by atoms with Crippen LogP contribution >= 0.6 is 0 Å². The van der Waals surface area contributed by atoms with Gasteiger partial charge in [-0.15, -0.1) is 10.2 Å². The molecule has 2 heterocycles. The van der Waals surface area contributed by atoms with Gasteiger partial charge in [-0.25, -0.2) is 0 Å². The van der Waals surface area contributed by atoms with Crippen molar-refractivity contribution in [3.8, 4) is 0 Å². The Hall–Kier alpha value is -1.47. The number of carbonyl (C=O) groups excluding carboxylic acids is 1. The number of β-amino-alcohol motifs (C(OH)–C–C–N with tert-alkyl or cyclic N) is 1. The highest BCUT2D eigenvalue weighted by Crippen LogP contribution is 2.26. The van der Waals surface area contributed by atoms with Crippen molar-refractivity contribution in [1.29, 1.82) is 0 Å². The summed E-state index contributed by atoms with van der Waals surface area (Å²) in [6, 6.07) is 0. The fourth-order valence-electron chi connectivity index (χ4n) is 2.68. The van der Waals surface area contributed by atoms with Crippen molar-refractivity contribution in [2.24, 2.45) is 0 Å². The number of nitrogens with zero attached hydrogens (tertiary/aromatic N) is 4. The van der Waals surface area contributed by atoms with E-state index in [1.807, 2.05) is 13.8 Å². The average Bonchev–Trinajstić information content (AvgIpc) is 2.86. The Morgan fingerprint density at radius 3 is 2.77 bits per heavy atom. The summed E-state index contributed by atoms with van der Waals surface area (Å²) in [5.74, 6) is 1.35. The standard InChI is InChI=1S/C15H26N4O3/c1-11(2)14-17-16-12(22-14)9-19-7-5-6-15(21,10-19)8-13(20)18(3)4/h11,21H,5-10H2,1-4H3. The topological polar surface area (TPSA) is 82.7 Å². The summed E-state index contributed by atoms with van der Waals surface area (Å²) < 4.78 is 5.61. The van der Waals surface area contributed by atoms with E-state index in [1.54, 1.807) is 14.1 Å². The quantitative estimate of drug-likeness (QED) is 0.873. The number of hydrogen-bond donors (Lipinski definition) is 1. The van der Waals surface area contributed by atoms with Gasteiger partial charge in [0.15, 0.2) is 0 Å². The van der Waals surface area contributed by atoms with Gasteiger partial charge in [0.1, 0.15) is 0 Å². The maximum Gasteiger partial charge on any atom is 0.230 e. The van der Waals surface area contributed by atoms with Gasteiger partial charge in [-0.3, -0.25) is 9.69 Å². The molecule has 1 unspecified atom stereocenters. The molecule has 22 heavy (non-hydrogen) atoms. The van der Waals surface area contributed by atoms with Crippen LogP contribution in [-0.2, 0) is 11.3 Å². The SMILES string of the molecule is CC(C)c1nnc(CN2CCCC(O)(CC(=O)N(C)C)C2)o1. The molecular weight excluding hydrogens is 284 g/mol. The minimum Gasteiger partial charge on any atom is -0.424 e. The first kappa shape index (κ1) is 16.9. The highest BCUT2D eigenvalue weighted by atomic mass is 16.4. The van der Waals surface area contributed by atoms with Crippen molar-refractivity contribution in [2.75, 3.05) is 27.2 Å². The molecule has 1 N–H and O–H groups in total. The van der Waals surface area contributed by atoms with Crippen LogP contribution in [0.15, 0.2) is 4.42 Å². The van der Waals surface area contributed by atoms with E-state index in [2.05, 4.69) is 15.1 Å². The molecule has 0 spiro atoms. The first-order chi connectivity index (χ1) is 10.3. The van der Waals surface area contributed by atoms with Crippen LogP contribution in [0.25, 0.3) is 0 Å². The molecule has 1 aliphatic rings. The molecule has 0 radical (unpaired) electrons. The van der Waals surface area contributed by atoms with Gasteiger partial charge in [-0.1, -0.05) is 13.8 Å².